The van der Waals surface area contributed by atoms with Crippen molar-refractivity contribution < 1.29 is 0 Å². The summed E-state index contributed by atoms with van der Waals surface area (Å²) in [7, 11) is 0. The average molecular weight is 386 g/mol. The lowest BCUT2D eigenvalue weighted by molar-refractivity contribution is 0.452. The van der Waals surface area contributed by atoms with E-state index in [0.717, 1.165) is 48.3 Å². The molecule has 8 heteroatoms. The molecule has 1 aliphatic heterocycles. The predicted octanol–water partition coefficient (Wildman–Crippen LogP) is 2.02. The first kappa shape index (κ1) is 17.6. The SMILES string of the molecule is Nc1n[nH]c2ccc(-c3nncc(N4CCNC(Cc5ccccc5)C4)n3)cc12. The lowest BCUT2D eigenvalue weighted by Crippen LogP contribution is -2.52. The molecule has 0 aliphatic carbocycles. The molecule has 0 saturated carbocycles. The number of anilines is 2. The Bertz CT molecular complexity index is 1120. The summed E-state index contributed by atoms with van der Waals surface area (Å²) < 4.78 is 0. The van der Waals surface area contributed by atoms with Crippen molar-refractivity contribution in [1.82, 2.24) is 30.7 Å². The monoisotopic (exact) mass is 386 g/mol. The molecule has 1 aliphatic rings. The molecule has 8 nitrogen and oxygen atoms in total. The maximum atomic E-state index is 5.93. The molecule has 5 rings (SSSR count). The van der Waals surface area contributed by atoms with Crippen LogP contribution >= 0.6 is 0 Å². The smallest absolute Gasteiger partial charge is 0.183 e. The van der Waals surface area contributed by atoms with Crippen molar-refractivity contribution in [3.63, 3.8) is 0 Å². The highest BCUT2D eigenvalue weighted by molar-refractivity contribution is 5.91. The first-order valence-corrected chi connectivity index (χ1v) is 9.72. The van der Waals surface area contributed by atoms with Crippen LogP contribution in [0, 0.1) is 0 Å². The highest BCUT2D eigenvalue weighted by Gasteiger charge is 2.21. The zero-order valence-corrected chi connectivity index (χ0v) is 15.9. The van der Waals surface area contributed by atoms with E-state index >= 15 is 0 Å². The van der Waals surface area contributed by atoms with Gasteiger partial charge in [-0.3, -0.25) is 5.10 Å². The summed E-state index contributed by atoms with van der Waals surface area (Å²) in [6.45, 7) is 2.67. The van der Waals surface area contributed by atoms with Gasteiger partial charge in [-0.15, -0.1) is 5.10 Å². The van der Waals surface area contributed by atoms with Crippen LogP contribution in [0.3, 0.4) is 0 Å². The number of rotatable bonds is 4. The van der Waals surface area contributed by atoms with Crippen LogP contribution in [0.5, 0.6) is 0 Å². The second kappa shape index (κ2) is 7.48. The quantitative estimate of drug-likeness (QED) is 0.492. The zero-order chi connectivity index (χ0) is 19.6. The molecule has 1 atom stereocenters. The Morgan fingerprint density at radius 3 is 2.93 bits per heavy atom. The summed E-state index contributed by atoms with van der Waals surface area (Å²) in [5, 5.41) is 19.9. The van der Waals surface area contributed by atoms with Gasteiger partial charge >= 0.3 is 0 Å². The molecule has 2 aromatic carbocycles. The minimum Gasteiger partial charge on any atom is -0.382 e. The average Bonchev–Trinajstić information content (AvgIpc) is 3.15. The Kier molecular flexibility index (Phi) is 4.53. The van der Waals surface area contributed by atoms with Gasteiger partial charge in [0.25, 0.3) is 0 Å². The molecule has 0 amide bonds. The number of piperazine rings is 1. The van der Waals surface area contributed by atoms with E-state index in [-0.39, 0.29) is 0 Å². The molecule has 4 aromatic rings. The second-order valence-electron chi connectivity index (χ2n) is 7.29. The van der Waals surface area contributed by atoms with Crippen LogP contribution in [-0.2, 0) is 6.42 Å². The number of hydrogen-bond acceptors (Lipinski definition) is 7. The number of nitrogens with two attached hydrogens (primary N) is 1. The van der Waals surface area contributed by atoms with Crippen LogP contribution in [0.2, 0.25) is 0 Å². The van der Waals surface area contributed by atoms with Gasteiger partial charge in [-0.05, 0) is 30.2 Å². The molecule has 1 saturated heterocycles. The summed E-state index contributed by atoms with van der Waals surface area (Å²) in [5.74, 6) is 1.90. The van der Waals surface area contributed by atoms with E-state index in [9.17, 15) is 0 Å². The second-order valence-corrected chi connectivity index (χ2v) is 7.29. The number of nitrogens with zero attached hydrogens (tertiary/aromatic N) is 5. The molecule has 2 aromatic heterocycles. The predicted molar refractivity (Wildman–Crippen MR) is 113 cm³/mol. The molecule has 29 heavy (non-hydrogen) atoms. The largest absolute Gasteiger partial charge is 0.382 e. The number of nitrogens with one attached hydrogen (secondary N) is 2. The van der Waals surface area contributed by atoms with Crippen LogP contribution in [-0.4, -0.2) is 51.1 Å². The lowest BCUT2D eigenvalue weighted by Gasteiger charge is -2.34. The number of aromatic nitrogens is 5. The normalized spacial score (nSPS) is 17.0. The Morgan fingerprint density at radius 1 is 1.14 bits per heavy atom. The van der Waals surface area contributed by atoms with Gasteiger partial charge in [0.15, 0.2) is 17.5 Å². The fourth-order valence-corrected chi connectivity index (χ4v) is 3.81. The molecule has 146 valence electrons. The van der Waals surface area contributed by atoms with Crippen molar-refractivity contribution in [3.8, 4) is 11.4 Å². The summed E-state index contributed by atoms with van der Waals surface area (Å²) >= 11 is 0. The van der Waals surface area contributed by atoms with E-state index in [4.69, 9.17) is 10.7 Å². The van der Waals surface area contributed by atoms with Gasteiger partial charge in [0, 0.05) is 36.6 Å². The molecular weight excluding hydrogens is 364 g/mol. The number of benzene rings is 2. The molecule has 0 bridgehead atoms. The minimum atomic E-state index is 0.367. The Hall–Kier alpha value is -3.52. The summed E-state index contributed by atoms with van der Waals surface area (Å²) in [6.07, 6.45) is 2.72. The van der Waals surface area contributed by atoms with E-state index in [2.05, 4.69) is 54.9 Å². The summed E-state index contributed by atoms with van der Waals surface area (Å²) in [6, 6.07) is 16.8. The minimum absolute atomic E-state index is 0.367. The molecule has 1 unspecified atom stereocenters. The molecular formula is C21H22N8. The Morgan fingerprint density at radius 2 is 2.03 bits per heavy atom. The molecule has 4 N–H and O–H groups in total. The molecule has 3 heterocycles. The fourth-order valence-electron chi connectivity index (χ4n) is 3.81. The van der Waals surface area contributed by atoms with Gasteiger partial charge in [0.1, 0.15) is 0 Å². The van der Waals surface area contributed by atoms with Gasteiger partial charge in [-0.25, -0.2) is 4.98 Å². The van der Waals surface area contributed by atoms with Crippen molar-refractivity contribution in [1.29, 1.82) is 0 Å². The van der Waals surface area contributed by atoms with E-state index in [0.29, 0.717) is 17.7 Å². The molecule has 1 fully saturated rings. The maximum absolute atomic E-state index is 5.93. The third-order valence-corrected chi connectivity index (χ3v) is 5.30. The van der Waals surface area contributed by atoms with Crippen molar-refractivity contribution >= 4 is 22.5 Å². The maximum Gasteiger partial charge on any atom is 0.183 e. The van der Waals surface area contributed by atoms with Crippen molar-refractivity contribution in [2.24, 2.45) is 0 Å². The van der Waals surface area contributed by atoms with Crippen molar-refractivity contribution in [2.75, 3.05) is 30.3 Å². The Labute approximate surface area is 168 Å². The number of aromatic amines is 1. The lowest BCUT2D eigenvalue weighted by atomic mass is 10.0. The van der Waals surface area contributed by atoms with E-state index < -0.39 is 0 Å². The summed E-state index contributed by atoms with van der Waals surface area (Å²) in [5.41, 5.74) is 9.03. The third-order valence-electron chi connectivity index (χ3n) is 5.30. The van der Waals surface area contributed by atoms with Crippen LogP contribution in [0.25, 0.3) is 22.3 Å². The van der Waals surface area contributed by atoms with Gasteiger partial charge in [0.05, 0.1) is 11.7 Å². The van der Waals surface area contributed by atoms with Gasteiger partial charge in [0.2, 0.25) is 0 Å². The third kappa shape index (κ3) is 3.62. The van der Waals surface area contributed by atoms with Crippen LogP contribution in [0.4, 0.5) is 11.6 Å². The number of fused-ring (bicyclic) bond motifs is 1. The zero-order valence-electron chi connectivity index (χ0n) is 15.9. The van der Waals surface area contributed by atoms with Gasteiger partial charge in [-0.1, -0.05) is 30.3 Å². The van der Waals surface area contributed by atoms with Crippen molar-refractivity contribution in [3.05, 3.63) is 60.3 Å². The number of H-pyrrole nitrogens is 1. The van der Waals surface area contributed by atoms with Crippen LogP contribution in [0.1, 0.15) is 5.56 Å². The van der Waals surface area contributed by atoms with Crippen LogP contribution < -0.4 is 16.0 Å². The standard InChI is InChI=1S/C21H22N8/c22-20-17-11-15(6-7-18(17)26-27-20)21-25-19(12-24-28-21)29-9-8-23-16(13-29)10-14-4-2-1-3-5-14/h1-7,11-12,16,23H,8-10,13H2,(H3,22,26,27). The van der Waals surface area contributed by atoms with Crippen molar-refractivity contribution in [2.45, 2.75) is 12.5 Å². The van der Waals surface area contributed by atoms with E-state index in [1.807, 2.05) is 24.3 Å². The molecule has 0 spiro atoms. The fraction of sp³-hybridized carbons (Fsp3) is 0.238. The number of hydrogen-bond donors (Lipinski definition) is 3. The van der Waals surface area contributed by atoms with E-state index in [1.165, 1.54) is 5.56 Å². The van der Waals surface area contributed by atoms with Gasteiger partial charge in [-0.2, -0.15) is 10.2 Å². The first-order valence-electron chi connectivity index (χ1n) is 9.72. The molecule has 0 radical (unpaired) electrons. The van der Waals surface area contributed by atoms with E-state index in [1.54, 1.807) is 6.20 Å². The van der Waals surface area contributed by atoms with Gasteiger partial charge < -0.3 is 16.0 Å². The number of nitrogen functional groups attached to an aromatic ring is 1. The first-order chi connectivity index (χ1) is 14.3. The topological polar surface area (TPSA) is 109 Å². The highest BCUT2D eigenvalue weighted by atomic mass is 15.3. The Balaban J connectivity index is 1.37. The summed E-state index contributed by atoms with van der Waals surface area (Å²) in [4.78, 5) is 7.05. The van der Waals surface area contributed by atoms with Crippen LogP contribution in [0.15, 0.2) is 54.7 Å². The highest BCUT2D eigenvalue weighted by Crippen LogP contribution is 2.25.